The van der Waals surface area contributed by atoms with Crippen molar-refractivity contribution >= 4 is 17.2 Å². The molecule has 0 radical (unpaired) electrons. The van der Waals surface area contributed by atoms with E-state index in [4.69, 9.17) is 5.73 Å². The average molecular weight is 267 g/mol. The van der Waals surface area contributed by atoms with E-state index < -0.39 is 0 Å². The molecule has 2 N–H and O–H groups in total. The lowest BCUT2D eigenvalue weighted by molar-refractivity contribution is 0.0791. The fraction of sp³-hybridized carbons (Fsp3) is 0.692. The number of carbonyl (C=O) groups is 1. The van der Waals surface area contributed by atoms with Gasteiger partial charge in [0.1, 0.15) is 4.88 Å². The molecule has 100 valence electrons. The SMILES string of the molecule is CCCc1nc(C)c(C(=O)N2CCC(CN)C2)s1. The highest BCUT2D eigenvalue weighted by Crippen LogP contribution is 2.24. The summed E-state index contributed by atoms with van der Waals surface area (Å²) in [7, 11) is 0. The molecule has 5 heteroatoms. The van der Waals surface area contributed by atoms with Gasteiger partial charge in [-0.1, -0.05) is 6.92 Å². The lowest BCUT2D eigenvalue weighted by atomic mass is 10.1. The maximum Gasteiger partial charge on any atom is 0.265 e. The fourth-order valence-electron chi connectivity index (χ4n) is 2.32. The van der Waals surface area contributed by atoms with Gasteiger partial charge in [0.25, 0.3) is 5.91 Å². The van der Waals surface area contributed by atoms with Gasteiger partial charge in [0.05, 0.1) is 10.7 Å². The molecule has 1 aliphatic heterocycles. The van der Waals surface area contributed by atoms with Gasteiger partial charge in [-0.3, -0.25) is 4.79 Å². The summed E-state index contributed by atoms with van der Waals surface area (Å²) < 4.78 is 0. The molecular formula is C13H21N3OS. The lowest BCUT2D eigenvalue weighted by Crippen LogP contribution is -2.29. The van der Waals surface area contributed by atoms with E-state index in [1.165, 1.54) is 0 Å². The van der Waals surface area contributed by atoms with Crippen molar-refractivity contribution in [3.8, 4) is 0 Å². The van der Waals surface area contributed by atoms with Crippen LogP contribution in [0.4, 0.5) is 0 Å². The molecule has 0 spiro atoms. The number of carbonyl (C=O) groups excluding carboxylic acids is 1. The Morgan fingerprint density at radius 1 is 1.61 bits per heavy atom. The Balaban J connectivity index is 2.09. The number of likely N-dealkylation sites (tertiary alicyclic amines) is 1. The van der Waals surface area contributed by atoms with Crippen molar-refractivity contribution in [1.82, 2.24) is 9.88 Å². The van der Waals surface area contributed by atoms with Crippen LogP contribution in [0, 0.1) is 12.8 Å². The van der Waals surface area contributed by atoms with Gasteiger partial charge in [-0.2, -0.15) is 0 Å². The van der Waals surface area contributed by atoms with Crippen LogP contribution in [-0.2, 0) is 6.42 Å². The van der Waals surface area contributed by atoms with E-state index >= 15 is 0 Å². The summed E-state index contributed by atoms with van der Waals surface area (Å²) in [5.41, 5.74) is 6.54. The molecular weight excluding hydrogens is 246 g/mol. The Morgan fingerprint density at radius 2 is 2.39 bits per heavy atom. The number of nitrogens with zero attached hydrogens (tertiary/aromatic N) is 2. The largest absolute Gasteiger partial charge is 0.338 e. The molecule has 0 aliphatic carbocycles. The number of amides is 1. The van der Waals surface area contributed by atoms with Crippen LogP contribution in [0.3, 0.4) is 0 Å². The highest BCUT2D eigenvalue weighted by Gasteiger charge is 2.28. The Bertz CT molecular complexity index is 430. The van der Waals surface area contributed by atoms with E-state index in [2.05, 4.69) is 11.9 Å². The van der Waals surface area contributed by atoms with Crippen molar-refractivity contribution in [2.24, 2.45) is 11.7 Å². The first-order valence-electron chi connectivity index (χ1n) is 6.61. The summed E-state index contributed by atoms with van der Waals surface area (Å²) in [4.78, 5) is 19.6. The van der Waals surface area contributed by atoms with E-state index in [-0.39, 0.29) is 5.91 Å². The molecule has 0 bridgehead atoms. The lowest BCUT2D eigenvalue weighted by Gasteiger charge is -2.15. The first-order chi connectivity index (χ1) is 8.65. The number of hydrogen-bond acceptors (Lipinski definition) is 4. The fourth-order valence-corrected chi connectivity index (χ4v) is 3.46. The molecule has 1 aromatic rings. The number of thiazole rings is 1. The van der Waals surface area contributed by atoms with Gasteiger partial charge in [0, 0.05) is 13.1 Å². The van der Waals surface area contributed by atoms with Crippen LogP contribution >= 0.6 is 11.3 Å². The van der Waals surface area contributed by atoms with Gasteiger partial charge in [0.15, 0.2) is 0 Å². The zero-order valence-corrected chi connectivity index (χ0v) is 11.9. The number of nitrogens with two attached hydrogens (primary N) is 1. The normalized spacial score (nSPS) is 19.5. The van der Waals surface area contributed by atoms with Crippen LogP contribution in [0.25, 0.3) is 0 Å². The molecule has 18 heavy (non-hydrogen) atoms. The minimum absolute atomic E-state index is 0.142. The Labute approximate surface area is 112 Å². The molecule has 1 aliphatic rings. The van der Waals surface area contributed by atoms with Crippen molar-refractivity contribution in [3.63, 3.8) is 0 Å². The molecule has 1 unspecified atom stereocenters. The summed E-state index contributed by atoms with van der Waals surface area (Å²) in [5.74, 6) is 0.612. The third kappa shape index (κ3) is 2.72. The number of aryl methyl sites for hydroxylation is 2. The first kappa shape index (κ1) is 13.5. The third-order valence-electron chi connectivity index (χ3n) is 3.41. The van der Waals surface area contributed by atoms with Crippen LogP contribution in [-0.4, -0.2) is 35.4 Å². The summed E-state index contributed by atoms with van der Waals surface area (Å²) in [6.45, 7) is 6.37. The molecule has 4 nitrogen and oxygen atoms in total. The summed E-state index contributed by atoms with van der Waals surface area (Å²) in [6, 6.07) is 0. The minimum atomic E-state index is 0.142. The molecule has 0 saturated carbocycles. The van der Waals surface area contributed by atoms with Crippen molar-refractivity contribution in [1.29, 1.82) is 0 Å². The second kappa shape index (κ2) is 5.80. The molecule has 2 rings (SSSR count). The highest BCUT2D eigenvalue weighted by molar-refractivity contribution is 7.13. The predicted octanol–water partition coefficient (Wildman–Crippen LogP) is 1.82. The van der Waals surface area contributed by atoms with E-state index in [1.807, 2.05) is 11.8 Å². The number of aromatic nitrogens is 1. The van der Waals surface area contributed by atoms with Crippen molar-refractivity contribution < 1.29 is 4.79 Å². The number of hydrogen-bond donors (Lipinski definition) is 1. The maximum absolute atomic E-state index is 12.4. The average Bonchev–Trinajstić information content (AvgIpc) is 2.95. The van der Waals surface area contributed by atoms with Crippen LogP contribution in [0.15, 0.2) is 0 Å². The van der Waals surface area contributed by atoms with Gasteiger partial charge in [0.2, 0.25) is 0 Å². The molecule has 1 amide bonds. The van der Waals surface area contributed by atoms with Gasteiger partial charge < -0.3 is 10.6 Å². The molecule has 1 fully saturated rings. The van der Waals surface area contributed by atoms with Gasteiger partial charge in [-0.15, -0.1) is 11.3 Å². The Kier molecular flexibility index (Phi) is 4.35. The first-order valence-corrected chi connectivity index (χ1v) is 7.43. The number of rotatable bonds is 4. The summed E-state index contributed by atoms with van der Waals surface area (Å²) in [5, 5.41) is 1.08. The van der Waals surface area contributed by atoms with Gasteiger partial charge >= 0.3 is 0 Å². The van der Waals surface area contributed by atoms with E-state index in [9.17, 15) is 4.79 Å². The smallest absolute Gasteiger partial charge is 0.265 e. The highest BCUT2D eigenvalue weighted by atomic mass is 32.1. The summed E-state index contributed by atoms with van der Waals surface area (Å²) in [6.07, 6.45) is 3.06. The molecule has 2 heterocycles. The molecule has 1 atom stereocenters. The van der Waals surface area contributed by atoms with Gasteiger partial charge in [-0.25, -0.2) is 4.98 Å². The van der Waals surface area contributed by atoms with Crippen LogP contribution in [0.5, 0.6) is 0 Å². The zero-order valence-electron chi connectivity index (χ0n) is 11.1. The third-order valence-corrected chi connectivity index (χ3v) is 4.61. The van der Waals surface area contributed by atoms with E-state index in [0.717, 1.165) is 47.9 Å². The Hall–Kier alpha value is -0.940. The van der Waals surface area contributed by atoms with Crippen LogP contribution in [0.2, 0.25) is 0 Å². The maximum atomic E-state index is 12.4. The van der Waals surface area contributed by atoms with Crippen molar-refractivity contribution in [2.75, 3.05) is 19.6 Å². The molecule has 1 aromatic heterocycles. The van der Waals surface area contributed by atoms with Crippen molar-refractivity contribution in [2.45, 2.75) is 33.1 Å². The minimum Gasteiger partial charge on any atom is -0.338 e. The van der Waals surface area contributed by atoms with Crippen LogP contribution in [0.1, 0.15) is 40.1 Å². The van der Waals surface area contributed by atoms with Crippen molar-refractivity contribution in [3.05, 3.63) is 15.6 Å². The second-order valence-electron chi connectivity index (χ2n) is 4.91. The van der Waals surface area contributed by atoms with E-state index in [1.54, 1.807) is 11.3 Å². The quantitative estimate of drug-likeness (QED) is 0.905. The Morgan fingerprint density at radius 3 is 3.00 bits per heavy atom. The monoisotopic (exact) mass is 267 g/mol. The topological polar surface area (TPSA) is 59.2 Å². The van der Waals surface area contributed by atoms with E-state index in [0.29, 0.717) is 12.5 Å². The standard InChI is InChI=1S/C13H21N3OS/c1-3-4-11-15-9(2)12(18-11)13(17)16-6-5-10(7-14)8-16/h10H,3-8,14H2,1-2H3. The predicted molar refractivity (Wildman–Crippen MR) is 73.9 cm³/mol. The van der Waals surface area contributed by atoms with Crippen LogP contribution < -0.4 is 5.73 Å². The summed E-state index contributed by atoms with van der Waals surface area (Å²) >= 11 is 1.55. The zero-order chi connectivity index (χ0) is 13.1. The molecule has 1 saturated heterocycles. The molecule has 0 aromatic carbocycles. The second-order valence-corrected chi connectivity index (χ2v) is 6.00. The van der Waals surface area contributed by atoms with Gasteiger partial charge in [-0.05, 0) is 38.6 Å².